The second kappa shape index (κ2) is 5.40. The molecule has 104 valence electrons. The first-order valence-corrected chi connectivity index (χ1v) is 8.28. The molecule has 6 nitrogen and oxygen atoms in total. The minimum absolute atomic E-state index is 0.159. The van der Waals surface area contributed by atoms with E-state index in [0.717, 1.165) is 4.88 Å². The van der Waals surface area contributed by atoms with Crippen molar-refractivity contribution in [3.8, 4) is 0 Å². The third kappa shape index (κ3) is 3.40. The third-order valence-electron chi connectivity index (χ3n) is 2.51. The molecule has 2 N–H and O–H groups in total. The monoisotopic (exact) mass is 300 g/mol. The molecule has 0 spiro atoms. The van der Waals surface area contributed by atoms with Crippen molar-refractivity contribution in [1.82, 2.24) is 14.8 Å². The summed E-state index contributed by atoms with van der Waals surface area (Å²) in [6.45, 7) is 4.53. The Labute approximate surface area is 116 Å². The highest BCUT2D eigenvalue weighted by Crippen LogP contribution is 2.17. The van der Waals surface area contributed by atoms with Crippen LogP contribution < -0.4 is 5.14 Å². The maximum atomic E-state index is 11.5. The Morgan fingerprint density at radius 1 is 1.42 bits per heavy atom. The molecule has 2 rings (SSSR count). The van der Waals surface area contributed by atoms with E-state index in [-0.39, 0.29) is 11.1 Å². The fourth-order valence-electron chi connectivity index (χ4n) is 1.78. The zero-order valence-corrected chi connectivity index (χ0v) is 12.4. The minimum atomic E-state index is -3.84. The van der Waals surface area contributed by atoms with Crippen molar-refractivity contribution in [3.63, 3.8) is 0 Å². The van der Waals surface area contributed by atoms with Gasteiger partial charge in [0, 0.05) is 17.8 Å². The molecule has 0 aliphatic rings. The van der Waals surface area contributed by atoms with Gasteiger partial charge in [0.05, 0.1) is 0 Å². The Bertz CT molecular complexity index is 644. The second-order valence-corrected chi connectivity index (χ2v) is 7.19. The lowest BCUT2D eigenvalue weighted by Crippen LogP contribution is -2.21. The van der Waals surface area contributed by atoms with Crippen molar-refractivity contribution >= 4 is 21.4 Å². The summed E-state index contributed by atoms with van der Waals surface area (Å²) >= 11 is 1.60. The molecule has 0 fully saturated rings. The van der Waals surface area contributed by atoms with Crippen LogP contribution in [-0.4, -0.2) is 23.2 Å². The van der Waals surface area contributed by atoms with Gasteiger partial charge in [-0.25, -0.2) is 13.6 Å². The molecule has 0 atom stereocenters. The van der Waals surface area contributed by atoms with E-state index in [1.807, 2.05) is 31.4 Å². The summed E-state index contributed by atoms with van der Waals surface area (Å²) in [4.78, 5) is 1.11. The van der Waals surface area contributed by atoms with Crippen molar-refractivity contribution in [3.05, 3.63) is 28.2 Å². The molecular weight excluding hydrogens is 284 g/mol. The number of hydrogen-bond acceptors (Lipinski definition) is 5. The normalized spacial score (nSPS) is 12.2. The summed E-state index contributed by atoms with van der Waals surface area (Å²) in [6, 6.07) is 3.93. The van der Waals surface area contributed by atoms with Crippen molar-refractivity contribution < 1.29 is 8.42 Å². The van der Waals surface area contributed by atoms with E-state index in [1.165, 1.54) is 0 Å². The van der Waals surface area contributed by atoms with Crippen LogP contribution in [0.2, 0.25) is 0 Å². The molecular formula is C11H16N4O2S2. The first kappa shape index (κ1) is 14.2. The van der Waals surface area contributed by atoms with Gasteiger partial charge in [-0.15, -0.1) is 21.5 Å². The molecule has 2 aromatic heterocycles. The van der Waals surface area contributed by atoms with E-state index in [0.29, 0.717) is 18.8 Å². The van der Waals surface area contributed by atoms with Crippen LogP contribution in [0.3, 0.4) is 0 Å². The summed E-state index contributed by atoms with van der Waals surface area (Å²) in [7, 11) is -3.84. The van der Waals surface area contributed by atoms with E-state index in [4.69, 9.17) is 5.14 Å². The summed E-state index contributed by atoms with van der Waals surface area (Å²) in [5, 5.41) is 14.7. The van der Waals surface area contributed by atoms with Gasteiger partial charge >= 0.3 is 0 Å². The lowest BCUT2D eigenvalue weighted by molar-refractivity contribution is 0.472. The maximum Gasteiger partial charge on any atom is 0.273 e. The molecule has 0 radical (unpaired) electrons. The Balaban J connectivity index is 2.41. The summed E-state index contributed by atoms with van der Waals surface area (Å²) in [6.07, 6.45) is 0.562. The maximum absolute atomic E-state index is 11.5. The molecule has 2 aromatic rings. The van der Waals surface area contributed by atoms with Gasteiger partial charge in [-0.05, 0) is 17.4 Å². The third-order valence-corrected chi connectivity index (χ3v) is 4.20. The lowest BCUT2D eigenvalue weighted by Gasteiger charge is -2.11. The number of thiophene rings is 1. The second-order valence-electron chi connectivity index (χ2n) is 4.70. The van der Waals surface area contributed by atoms with Gasteiger partial charge < -0.3 is 4.57 Å². The molecule has 0 bridgehead atoms. The first-order chi connectivity index (χ1) is 8.88. The van der Waals surface area contributed by atoms with Gasteiger partial charge in [0.2, 0.25) is 0 Å². The molecule has 2 heterocycles. The Hall–Kier alpha value is -1.25. The number of hydrogen-bond donors (Lipinski definition) is 1. The molecule has 8 heteroatoms. The smallest absolute Gasteiger partial charge is 0.273 e. The van der Waals surface area contributed by atoms with Gasteiger partial charge in [-0.3, -0.25) is 0 Å². The highest BCUT2D eigenvalue weighted by molar-refractivity contribution is 7.89. The Morgan fingerprint density at radius 2 is 2.16 bits per heavy atom. The van der Waals surface area contributed by atoms with Crippen molar-refractivity contribution in [2.45, 2.75) is 32.0 Å². The predicted octanol–water partition coefficient (Wildman–Crippen LogP) is 1.23. The SMILES string of the molecule is CC(C)Cn1c(Cc2cccs2)nnc1S(N)(=O)=O. The summed E-state index contributed by atoms with van der Waals surface area (Å²) in [5.74, 6) is 0.902. The van der Waals surface area contributed by atoms with E-state index in [2.05, 4.69) is 10.2 Å². The fraction of sp³-hybridized carbons (Fsp3) is 0.455. The van der Waals surface area contributed by atoms with Gasteiger partial charge in [0.1, 0.15) is 5.82 Å². The topological polar surface area (TPSA) is 90.9 Å². The predicted molar refractivity (Wildman–Crippen MR) is 73.4 cm³/mol. The Kier molecular flexibility index (Phi) is 4.02. The highest BCUT2D eigenvalue weighted by atomic mass is 32.2. The Morgan fingerprint density at radius 3 is 2.68 bits per heavy atom. The summed E-state index contributed by atoms with van der Waals surface area (Å²) < 4.78 is 24.6. The van der Waals surface area contributed by atoms with Crippen LogP contribution in [0.15, 0.2) is 22.7 Å². The van der Waals surface area contributed by atoms with E-state index >= 15 is 0 Å². The van der Waals surface area contributed by atoms with Crippen molar-refractivity contribution in [1.29, 1.82) is 0 Å². The zero-order valence-electron chi connectivity index (χ0n) is 10.8. The van der Waals surface area contributed by atoms with Crippen LogP contribution in [0, 0.1) is 5.92 Å². The average Bonchev–Trinajstić information content (AvgIpc) is 2.88. The highest BCUT2D eigenvalue weighted by Gasteiger charge is 2.21. The van der Waals surface area contributed by atoms with Crippen LogP contribution >= 0.6 is 11.3 Å². The van der Waals surface area contributed by atoms with E-state index < -0.39 is 10.0 Å². The van der Waals surface area contributed by atoms with Gasteiger partial charge in [-0.2, -0.15) is 0 Å². The molecule has 0 unspecified atom stereocenters. The number of nitrogens with zero attached hydrogens (tertiary/aromatic N) is 3. The molecule has 0 saturated carbocycles. The van der Waals surface area contributed by atoms with Crippen LogP contribution in [0.4, 0.5) is 0 Å². The standard InChI is InChI=1S/C11H16N4O2S2/c1-8(2)7-15-10(6-9-4-3-5-18-9)13-14-11(15)19(12,16)17/h3-5,8H,6-7H2,1-2H3,(H2,12,16,17). The first-order valence-electron chi connectivity index (χ1n) is 5.85. The number of primary sulfonamides is 1. The molecule has 0 saturated heterocycles. The molecule has 0 aliphatic heterocycles. The van der Waals surface area contributed by atoms with Gasteiger partial charge in [0.25, 0.3) is 15.2 Å². The quantitative estimate of drug-likeness (QED) is 0.899. The lowest BCUT2D eigenvalue weighted by atomic mass is 10.2. The largest absolute Gasteiger partial charge is 0.300 e. The molecule has 0 aromatic carbocycles. The molecule has 19 heavy (non-hydrogen) atoms. The zero-order chi connectivity index (χ0) is 14.0. The number of nitrogens with two attached hydrogens (primary N) is 1. The van der Waals surface area contributed by atoms with Crippen molar-refractivity contribution in [2.24, 2.45) is 11.1 Å². The molecule has 0 amide bonds. The van der Waals surface area contributed by atoms with Crippen LogP contribution in [0.25, 0.3) is 0 Å². The number of sulfonamides is 1. The van der Waals surface area contributed by atoms with E-state index in [1.54, 1.807) is 15.9 Å². The fourth-order valence-corrected chi connectivity index (χ4v) is 3.12. The summed E-state index contributed by atoms with van der Waals surface area (Å²) in [5.41, 5.74) is 0. The average molecular weight is 300 g/mol. The minimum Gasteiger partial charge on any atom is -0.300 e. The van der Waals surface area contributed by atoms with Crippen LogP contribution in [0.1, 0.15) is 24.5 Å². The van der Waals surface area contributed by atoms with Crippen LogP contribution in [0.5, 0.6) is 0 Å². The number of aromatic nitrogens is 3. The van der Waals surface area contributed by atoms with E-state index in [9.17, 15) is 8.42 Å². The van der Waals surface area contributed by atoms with Gasteiger partial charge in [0.15, 0.2) is 0 Å². The van der Waals surface area contributed by atoms with Crippen LogP contribution in [-0.2, 0) is 23.0 Å². The van der Waals surface area contributed by atoms with Crippen molar-refractivity contribution in [2.75, 3.05) is 0 Å². The molecule has 0 aliphatic carbocycles. The number of rotatable bonds is 5. The van der Waals surface area contributed by atoms with Gasteiger partial charge in [-0.1, -0.05) is 19.9 Å².